The van der Waals surface area contributed by atoms with Crippen LogP contribution in [0.25, 0.3) is 0 Å². The molecule has 0 amide bonds. The first-order valence-corrected chi connectivity index (χ1v) is 7.29. The van der Waals surface area contributed by atoms with Crippen molar-refractivity contribution in [3.05, 3.63) is 65.2 Å². The van der Waals surface area contributed by atoms with Gasteiger partial charge in [0.05, 0.1) is 7.11 Å². The van der Waals surface area contributed by atoms with Crippen molar-refractivity contribution >= 4 is 0 Å². The molecule has 1 N–H and O–H groups in total. The quantitative estimate of drug-likeness (QED) is 0.917. The molecule has 2 nitrogen and oxygen atoms in total. The van der Waals surface area contributed by atoms with E-state index in [9.17, 15) is 0 Å². The molecule has 2 aromatic carbocycles. The van der Waals surface area contributed by atoms with Crippen molar-refractivity contribution in [2.75, 3.05) is 7.11 Å². The Kier molecular flexibility index (Phi) is 4.03. The van der Waals surface area contributed by atoms with E-state index in [1.165, 1.54) is 23.1 Å². The van der Waals surface area contributed by atoms with Gasteiger partial charge in [0.15, 0.2) is 0 Å². The summed E-state index contributed by atoms with van der Waals surface area (Å²) < 4.78 is 5.46. The third-order valence-corrected chi connectivity index (χ3v) is 4.10. The van der Waals surface area contributed by atoms with Crippen LogP contribution in [0.1, 0.15) is 23.1 Å². The predicted molar refractivity (Wildman–Crippen MR) is 82.1 cm³/mol. The van der Waals surface area contributed by atoms with Crippen molar-refractivity contribution in [3.63, 3.8) is 0 Å². The van der Waals surface area contributed by atoms with Crippen LogP contribution in [0.5, 0.6) is 5.75 Å². The van der Waals surface area contributed by atoms with Crippen molar-refractivity contribution in [3.8, 4) is 5.75 Å². The van der Waals surface area contributed by atoms with Gasteiger partial charge in [0.25, 0.3) is 0 Å². The number of nitrogens with one attached hydrogen (secondary N) is 1. The van der Waals surface area contributed by atoms with Gasteiger partial charge in [0.2, 0.25) is 0 Å². The fourth-order valence-electron chi connectivity index (χ4n) is 3.00. The van der Waals surface area contributed by atoms with E-state index in [4.69, 9.17) is 4.74 Å². The maximum atomic E-state index is 5.46. The van der Waals surface area contributed by atoms with Gasteiger partial charge in [0, 0.05) is 12.6 Å². The van der Waals surface area contributed by atoms with E-state index >= 15 is 0 Å². The molecule has 0 heterocycles. The van der Waals surface area contributed by atoms with Crippen LogP contribution >= 0.6 is 0 Å². The summed E-state index contributed by atoms with van der Waals surface area (Å²) >= 11 is 0. The van der Waals surface area contributed by atoms with Crippen LogP contribution in [0.3, 0.4) is 0 Å². The summed E-state index contributed by atoms with van der Waals surface area (Å²) in [4.78, 5) is 0. The first kappa shape index (κ1) is 13.2. The smallest absolute Gasteiger partial charge is 0.122 e. The fraction of sp³-hybridized carbons (Fsp3) is 0.333. The number of rotatable bonds is 4. The zero-order valence-electron chi connectivity index (χ0n) is 11.9. The Morgan fingerprint density at radius 2 is 1.95 bits per heavy atom. The van der Waals surface area contributed by atoms with Gasteiger partial charge < -0.3 is 10.1 Å². The van der Waals surface area contributed by atoms with Gasteiger partial charge in [-0.15, -0.1) is 0 Å². The molecular weight excluding hydrogens is 246 g/mol. The Hall–Kier alpha value is -1.80. The van der Waals surface area contributed by atoms with E-state index in [0.717, 1.165) is 25.1 Å². The van der Waals surface area contributed by atoms with Crippen molar-refractivity contribution in [1.29, 1.82) is 0 Å². The summed E-state index contributed by atoms with van der Waals surface area (Å²) in [6.07, 6.45) is 3.38. The second-order valence-corrected chi connectivity index (χ2v) is 5.40. The molecule has 0 aromatic heterocycles. The molecule has 2 heteroatoms. The number of hydrogen-bond donors (Lipinski definition) is 1. The van der Waals surface area contributed by atoms with Gasteiger partial charge in [-0.3, -0.25) is 0 Å². The topological polar surface area (TPSA) is 21.3 Å². The molecular formula is C18H21NO. The minimum atomic E-state index is 0.565. The summed E-state index contributed by atoms with van der Waals surface area (Å²) in [5.41, 5.74) is 4.18. The normalized spacial score (nSPS) is 17.6. The molecule has 0 aliphatic heterocycles. The molecule has 104 valence electrons. The minimum Gasteiger partial charge on any atom is -0.496 e. The predicted octanol–water partition coefficient (Wildman–Crippen LogP) is 3.34. The Bertz CT molecular complexity index is 565. The average Bonchev–Trinajstić information content (AvgIpc) is 2.53. The van der Waals surface area contributed by atoms with E-state index in [1.807, 2.05) is 0 Å². The highest BCUT2D eigenvalue weighted by Gasteiger charge is 2.20. The monoisotopic (exact) mass is 267 g/mol. The van der Waals surface area contributed by atoms with Gasteiger partial charge >= 0.3 is 0 Å². The summed E-state index contributed by atoms with van der Waals surface area (Å²) in [5.74, 6) is 1.05. The summed E-state index contributed by atoms with van der Waals surface area (Å²) in [6.45, 7) is 0.949. The van der Waals surface area contributed by atoms with Crippen LogP contribution in [0.4, 0.5) is 0 Å². The van der Waals surface area contributed by atoms with Crippen molar-refractivity contribution < 1.29 is 4.74 Å². The number of fused-ring (bicyclic) bond motifs is 1. The van der Waals surface area contributed by atoms with Crippen LogP contribution in [0.15, 0.2) is 48.5 Å². The molecule has 0 bridgehead atoms. The number of benzene rings is 2. The highest BCUT2D eigenvalue weighted by molar-refractivity contribution is 5.42. The molecule has 3 rings (SSSR count). The van der Waals surface area contributed by atoms with Gasteiger partial charge in [0.1, 0.15) is 5.75 Å². The summed E-state index contributed by atoms with van der Waals surface area (Å²) in [6, 6.07) is 17.6. The first-order valence-electron chi connectivity index (χ1n) is 7.29. The third kappa shape index (κ3) is 2.86. The molecule has 1 atom stereocenters. The van der Waals surface area contributed by atoms with Crippen molar-refractivity contribution in [1.82, 2.24) is 5.32 Å². The molecule has 0 saturated heterocycles. The molecule has 1 unspecified atom stereocenters. The highest BCUT2D eigenvalue weighted by Crippen LogP contribution is 2.29. The van der Waals surface area contributed by atoms with E-state index in [2.05, 4.69) is 53.8 Å². The molecule has 0 fully saturated rings. The molecule has 0 radical (unpaired) electrons. The lowest BCUT2D eigenvalue weighted by molar-refractivity contribution is 0.397. The SMILES string of the molecule is COc1cccc2c1CCC(NCc1ccccc1)C2. The standard InChI is InChI=1S/C18H21NO/c1-20-18-9-5-8-15-12-16(10-11-17(15)18)19-13-14-6-3-2-4-7-14/h2-9,16,19H,10-13H2,1H3. The van der Waals surface area contributed by atoms with E-state index in [-0.39, 0.29) is 0 Å². The number of methoxy groups -OCH3 is 1. The summed E-state index contributed by atoms with van der Waals surface area (Å²) in [5, 5.41) is 3.68. The van der Waals surface area contributed by atoms with Crippen molar-refractivity contribution in [2.45, 2.75) is 31.8 Å². The van der Waals surface area contributed by atoms with Crippen LogP contribution in [-0.4, -0.2) is 13.2 Å². The minimum absolute atomic E-state index is 0.565. The third-order valence-electron chi connectivity index (χ3n) is 4.10. The van der Waals surface area contributed by atoms with Gasteiger partial charge in [-0.05, 0) is 42.0 Å². The molecule has 2 aromatic rings. The van der Waals surface area contributed by atoms with E-state index < -0.39 is 0 Å². The zero-order chi connectivity index (χ0) is 13.8. The Morgan fingerprint density at radius 1 is 1.10 bits per heavy atom. The summed E-state index contributed by atoms with van der Waals surface area (Å²) in [7, 11) is 1.76. The molecule has 1 aliphatic carbocycles. The maximum absolute atomic E-state index is 5.46. The Morgan fingerprint density at radius 3 is 2.75 bits per heavy atom. The largest absolute Gasteiger partial charge is 0.496 e. The maximum Gasteiger partial charge on any atom is 0.122 e. The Labute approximate surface area is 120 Å². The first-order chi connectivity index (χ1) is 9.86. The van der Waals surface area contributed by atoms with Gasteiger partial charge in [-0.2, -0.15) is 0 Å². The lowest BCUT2D eigenvalue weighted by Crippen LogP contribution is -2.34. The number of hydrogen-bond acceptors (Lipinski definition) is 2. The Balaban J connectivity index is 1.64. The van der Waals surface area contributed by atoms with Gasteiger partial charge in [-0.25, -0.2) is 0 Å². The molecule has 0 saturated carbocycles. The lowest BCUT2D eigenvalue weighted by atomic mass is 9.87. The van der Waals surface area contributed by atoms with Crippen LogP contribution in [0.2, 0.25) is 0 Å². The molecule has 20 heavy (non-hydrogen) atoms. The molecule has 0 spiro atoms. The number of ether oxygens (including phenoxy) is 1. The van der Waals surface area contributed by atoms with Crippen LogP contribution in [-0.2, 0) is 19.4 Å². The second kappa shape index (κ2) is 6.10. The van der Waals surface area contributed by atoms with Crippen LogP contribution < -0.4 is 10.1 Å². The van der Waals surface area contributed by atoms with E-state index in [1.54, 1.807) is 7.11 Å². The zero-order valence-corrected chi connectivity index (χ0v) is 11.9. The van der Waals surface area contributed by atoms with Crippen molar-refractivity contribution in [2.24, 2.45) is 0 Å². The van der Waals surface area contributed by atoms with E-state index in [0.29, 0.717) is 6.04 Å². The van der Waals surface area contributed by atoms with Crippen LogP contribution in [0, 0.1) is 0 Å². The fourth-order valence-corrected chi connectivity index (χ4v) is 3.00. The molecule has 1 aliphatic rings. The highest BCUT2D eigenvalue weighted by atomic mass is 16.5. The second-order valence-electron chi connectivity index (χ2n) is 5.40. The van der Waals surface area contributed by atoms with Gasteiger partial charge in [-0.1, -0.05) is 42.5 Å². The average molecular weight is 267 g/mol. The lowest BCUT2D eigenvalue weighted by Gasteiger charge is -2.27.